The smallest absolute Gasteiger partial charge is 0.226 e. The third-order valence-electron chi connectivity index (χ3n) is 4.67. The molecule has 0 heterocycles. The van der Waals surface area contributed by atoms with E-state index in [0.717, 1.165) is 34.3 Å². The van der Waals surface area contributed by atoms with E-state index in [1.54, 1.807) is 21.3 Å². The van der Waals surface area contributed by atoms with Crippen molar-refractivity contribution in [2.45, 2.75) is 26.9 Å². The molecule has 0 atom stereocenters. The van der Waals surface area contributed by atoms with Crippen LogP contribution in [-0.2, 0) is 17.9 Å². The van der Waals surface area contributed by atoms with Gasteiger partial charge in [-0.1, -0.05) is 26.0 Å². The molecule has 0 bridgehead atoms. The number of amides is 1. The molecule has 170 valence electrons. The van der Waals surface area contributed by atoms with Crippen LogP contribution in [0.1, 0.15) is 25.0 Å². The second-order valence-corrected chi connectivity index (χ2v) is 7.28. The third kappa shape index (κ3) is 7.93. The van der Waals surface area contributed by atoms with E-state index in [9.17, 15) is 4.79 Å². The van der Waals surface area contributed by atoms with Crippen molar-refractivity contribution >= 4 is 41.5 Å². The van der Waals surface area contributed by atoms with Crippen molar-refractivity contribution in [2.75, 3.05) is 33.6 Å². The summed E-state index contributed by atoms with van der Waals surface area (Å²) >= 11 is 0. The molecule has 2 aromatic carbocycles. The number of rotatable bonds is 8. The van der Waals surface area contributed by atoms with Gasteiger partial charge in [0.15, 0.2) is 5.96 Å². The quantitative estimate of drug-likeness (QED) is 0.300. The predicted octanol–water partition coefficient (Wildman–Crippen LogP) is 4.12. The van der Waals surface area contributed by atoms with Crippen LogP contribution in [0.15, 0.2) is 47.5 Å². The number of nitrogens with zero attached hydrogens (tertiary/aromatic N) is 2. The number of ether oxygens (including phenoxy) is 2. The minimum Gasteiger partial charge on any atom is -0.497 e. The van der Waals surface area contributed by atoms with Crippen LogP contribution in [0.2, 0.25) is 0 Å². The SMILES string of the molecule is CN=C(NCc1ccc(NC(=O)C(C)C)cc1)N(C)Cc1ccc(OC)cc1OC.I. The number of benzene rings is 2. The van der Waals surface area contributed by atoms with Gasteiger partial charge in [-0.2, -0.15) is 0 Å². The largest absolute Gasteiger partial charge is 0.497 e. The number of aliphatic imine (C=N–C) groups is 1. The van der Waals surface area contributed by atoms with Crippen LogP contribution in [0.3, 0.4) is 0 Å². The molecular weight excluding hydrogens is 507 g/mol. The maximum Gasteiger partial charge on any atom is 0.226 e. The lowest BCUT2D eigenvalue weighted by Gasteiger charge is -2.23. The number of halogens is 1. The summed E-state index contributed by atoms with van der Waals surface area (Å²) in [6.45, 7) is 5.00. The van der Waals surface area contributed by atoms with Gasteiger partial charge in [0.2, 0.25) is 5.91 Å². The number of carbonyl (C=O) groups is 1. The fourth-order valence-corrected chi connectivity index (χ4v) is 2.87. The molecule has 0 aromatic heterocycles. The molecule has 0 fully saturated rings. The lowest BCUT2D eigenvalue weighted by atomic mass is 10.1. The van der Waals surface area contributed by atoms with Crippen molar-refractivity contribution in [3.63, 3.8) is 0 Å². The van der Waals surface area contributed by atoms with E-state index in [4.69, 9.17) is 9.47 Å². The Balaban J connectivity index is 0.00000480. The molecule has 1 amide bonds. The summed E-state index contributed by atoms with van der Waals surface area (Å²) in [5.74, 6) is 2.26. The lowest BCUT2D eigenvalue weighted by molar-refractivity contribution is -0.118. The predicted molar refractivity (Wildman–Crippen MR) is 137 cm³/mol. The maximum atomic E-state index is 11.8. The van der Waals surface area contributed by atoms with Crippen molar-refractivity contribution < 1.29 is 14.3 Å². The van der Waals surface area contributed by atoms with Crippen LogP contribution >= 0.6 is 24.0 Å². The first-order chi connectivity index (χ1) is 14.4. The van der Waals surface area contributed by atoms with E-state index in [2.05, 4.69) is 15.6 Å². The molecule has 7 nitrogen and oxygen atoms in total. The van der Waals surface area contributed by atoms with Crippen LogP contribution in [0.5, 0.6) is 11.5 Å². The summed E-state index contributed by atoms with van der Waals surface area (Å²) < 4.78 is 10.7. The number of hydrogen-bond donors (Lipinski definition) is 2. The van der Waals surface area contributed by atoms with Gasteiger partial charge in [-0.25, -0.2) is 0 Å². The van der Waals surface area contributed by atoms with Gasteiger partial charge in [0, 0.05) is 50.4 Å². The fourth-order valence-electron chi connectivity index (χ4n) is 2.87. The summed E-state index contributed by atoms with van der Waals surface area (Å²) in [4.78, 5) is 18.2. The standard InChI is InChI=1S/C23H32N4O3.HI/c1-16(2)22(28)26-19-10-7-17(8-11-19)14-25-23(24-3)27(4)15-18-9-12-20(29-5)13-21(18)30-6;/h7-13,16H,14-15H2,1-6H3,(H,24,25)(H,26,28);1H. The zero-order valence-corrected chi connectivity index (χ0v) is 21.4. The van der Waals surface area contributed by atoms with E-state index in [1.165, 1.54) is 0 Å². The monoisotopic (exact) mass is 540 g/mol. The molecule has 2 N–H and O–H groups in total. The molecule has 0 saturated heterocycles. The normalized spacial score (nSPS) is 10.9. The first-order valence-electron chi connectivity index (χ1n) is 9.90. The van der Waals surface area contributed by atoms with E-state index in [-0.39, 0.29) is 35.8 Å². The second-order valence-electron chi connectivity index (χ2n) is 7.28. The Morgan fingerprint density at radius 2 is 1.77 bits per heavy atom. The summed E-state index contributed by atoms with van der Waals surface area (Å²) in [5.41, 5.74) is 2.92. The van der Waals surface area contributed by atoms with Crippen molar-refractivity contribution in [2.24, 2.45) is 10.9 Å². The zero-order valence-electron chi connectivity index (χ0n) is 19.1. The van der Waals surface area contributed by atoms with E-state index >= 15 is 0 Å². The van der Waals surface area contributed by atoms with Crippen molar-refractivity contribution in [1.82, 2.24) is 10.2 Å². The third-order valence-corrected chi connectivity index (χ3v) is 4.67. The fraction of sp³-hybridized carbons (Fsp3) is 0.391. The molecule has 0 aliphatic heterocycles. The Hall–Kier alpha value is -2.49. The van der Waals surface area contributed by atoms with Gasteiger partial charge in [-0.15, -0.1) is 24.0 Å². The Kier molecular flexibility index (Phi) is 11.2. The van der Waals surface area contributed by atoms with Crippen molar-refractivity contribution in [3.05, 3.63) is 53.6 Å². The number of methoxy groups -OCH3 is 2. The molecule has 2 rings (SSSR count). The molecule has 0 spiro atoms. The zero-order chi connectivity index (χ0) is 22.1. The van der Waals surface area contributed by atoms with Gasteiger partial charge in [-0.05, 0) is 29.8 Å². The van der Waals surface area contributed by atoms with Gasteiger partial charge in [0.25, 0.3) is 0 Å². The van der Waals surface area contributed by atoms with E-state index in [0.29, 0.717) is 13.1 Å². The van der Waals surface area contributed by atoms with Crippen LogP contribution in [0.4, 0.5) is 5.69 Å². The van der Waals surface area contributed by atoms with E-state index < -0.39 is 0 Å². The summed E-state index contributed by atoms with van der Waals surface area (Å²) in [5, 5.41) is 6.26. The van der Waals surface area contributed by atoms with Gasteiger partial charge < -0.3 is 25.0 Å². The highest BCUT2D eigenvalue weighted by molar-refractivity contribution is 14.0. The Labute approximate surface area is 202 Å². The Bertz CT molecular complexity index is 870. The summed E-state index contributed by atoms with van der Waals surface area (Å²) in [7, 11) is 7.02. The molecule has 0 saturated carbocycles. The molecule has 0 aliphatic carbocycles. The van der Waals surface area contributed by atoms with Crippen LogP contribution < -0.4 is 20.1 Å². The van der Waals surface area contributed by atoms with Crippen molar-refractivity contribution in [3.8, 4) is 11.5 Å². The molecular formula is C23H33IN4O3. The molecule has 8 heteroatoms. The lowest BCUT2D eigenvalue weighted by Crippen LogP contribution is -2.38. The Morgan fingerprint density at radius 3 is 2.32 bits per heavy atom. The molecule has 2 aromatic rings. The van der Waals surface area contributed by atoms with E-state index in [1.807, 2.05) is 68.3 Å². The Morgan fingerprint density at radius 1 is 1.10 bits per heavy atom. The van der Waals surface area contributed by atoms with Crippen LogP contribution in [0, 0.1) is 5.92 Å². The number of nitrogens with one attached hydrogen (secondary N) is 2. The number of guanidine groups is 1. The number of hydrogen-bond acceptors (Lipinski definition) is 4. The molecule has 0 unspecified atom stereocenters. The van der Waals surface area contributed by atoms with Gasteiger partial charge in [-0.3, -0.25) is 9.79 Å². The number of anilines is 1. The molecule has 0 radical (unpaired) electrons. The van der Waals surface area contributed by atoms with Crippen LogP contribution in [-0.4, -0.2) is 45.1 Å². The van der Waals surface area contributed by atoms with Crippen molar-refractivity contribution in [1.29, 1.82) is 0 Å². The first kappa shape index (κ1) is 26.5. The second kappa shape index (κ2) is 13.0. The summed E-state index contributed by atoms with van der Waals surface area (Å²) in [6.07, 6.45) is 0. The topological polar surface area (TPSA) is 75.2 Å². The molecule has 0 aliphatic rings. The highest BCUT2D eigenvalue weighted by Crippen LogP contribution is 2.25. The first-order valence-corrected chi connectivity index (χ1v) is 9.90. The van der Waals surface area contributed by atoms with Gasteiger partial charge in [0.05, 0.1) is 14.2 Å². The van der Waals surface area contributed by atoms with Crippen LogP contribution in [0.25, 0.3) is 0 Å². The average molecular weight is 540 g/mol. The minimum atomic E-state index is -0.0467. The summed E-state index contributed by atoms with van der Waals surface area (Å²) in [6, 6.07) is 13.6. The number of carbonyl (C=O) groups excluding carboxylic acids is 1. The average Bonchev–Trinajstić information content (AvgIpc) is 2.75. The highest BCUT2D eigenvalue weighted by atomic mass is 127. The van der Waals surface area contributed by atoms with Gasteiger partial charge in [0.1, 0.15) is 11.5 Å². The highest BCUT2D eigenvalue weighted by Gasteiger charge is 2.12. The maximum absolute atomic E-state index is 11.8. The van der Waals surface area contributed by atoms with Gasteiger partial charge >= 0.3 is 0 Å². The minimum absolute atomic E-state index is 0. The molecule has 31 heavy (non-hydrogen) atoms.